The Kier molecular flexibility index (Phi) is 25.4. The summed E-state index contributed by atoms with van der Waals surface area (Å²) in [6.45, 7) is 3.60. The Balaban J connectivity index is 4.02. The van der Waals surface area contributed by atoms with E-state index >= 15 is 0 Å². The minimum atomic E-state index is -4.58. The Labute approximate surface area is 256 Å². The number of phosphoric acid groups is 1. The van der Waals surface area contributed by atoms with Gasteiger partial charge in [-0.3, -0.25) is 14.2 Å². The van der Waals surface area contributed by atoms with E-state index in [2.05, 4.69) is 19.1 Å². The van der Waals surface area contributed by atoms with Gasteiger partial charge in [-0.1, -0.05) is 96.6 Å². The molecular formula is C32H62NO8P. The Morgan fingerprint density at radius 3 is 1.79 bits per heavy atom. The first-order valence-corrected chi connectivity index (χ1v) is 17.9. The molecule has 0 aromatic rings. The number of allylic oxidation sites excluding steroid dienone is 2. The summed E-state index contributed by atoms with van der Waals surface area (Å²) in [6, 6.07) is 0. The van der Waals surface area contributed by atoms with E-state index < -0.39 is 32.5 Å². The van der Waals surface area contributed by atoms with Gasteiger partial charge in [0.1, 0.15) is 19.8 Å². The lowest BCUT2D eigenvalue weighted by molar-refractivity contribution is -0.870. The maximum atomic E-state index is 12.3. The van der Waals surface area contributed by atoms with E-state index in [1.54, 1.807) is 6.92 Å². The number of carbonyl (C=O) groups excluding carboxylic acids is 2. The number of esters is 2. The van der Waals surface area contributed by atoms with Crippen molar-refractivity contribution < 1.29 is 42.1 Å². The molecule has 0 aromatic carbocycles. The number of hydrogen-bond donors (Lipinski definition) is 0. The van der Waals surface area contributed by atoms with Crippen molar-refractivity contribution in [2.45, 2.75) is 136 Å². The summed E-state index contributed by atoms with van der Waals surface area (Å²) in [7, 11) is 1.16. The van der Waals surface area contributed by atoms with Gasteiger partial charge in [0.05, 0.1) is 27.7 Å². The Bertz CT molecular complexity index is 753. The molecule has 0 fully saturated rings. The fraction of sp³-hybridized carbons (Fsp3) is 0.875. The van der Waals surface area contributed by atoms with Crippen molar-refractivity contribution in [2.75, 3.05) is 47.5 Å². The van der Waals surface area contributed by atoms with E-state index in [0.29, 0.717) is 17.4 Å². The zero-order chi connectivity index (χ0) is 31.5. The zero-order valence-electron chi connectivity index (χ0n) is 27.4. The molecule has 0 heterocycles. The van der Waals surface area contributed by atoms with Crippen LogP contribution in [0.4, 0.5) is 0 Å². The predicted octanol–water partition coefficient (Wildman–Crippen LogP) is 7.27. The van der Waals surface area contributed by atoms with Gasteiger partial charge in [0, 0.05) is 12.8 Å². The van der Waals surface area contributed by atoms with E-state index in [0.717, 1.165) is 25.7 Å². The summed E-state index contributed by atoms with van der Waals surface area (Å²) >= 11 is 0. The summed E-state index contributed by atoms with van der Waals surface area (Å²) in [5, 5.41) is 0. The molecule has 2 unspecified atom stereocenters. The van der Waals surface area contributed by atoms with Crippen molar-refractivity contribution >= 4 is 19.8 Å². The first kappa shape index (κ1) is 40.8. The first-order valence-electron chi connectivity index (χ1n) is 16.4. The van der Waals surface area contributed by atoms with E-state index in [-0.39, 0.29) is 26.1 Å². The van der Waals surface area contributed by atoms with Crippen molar-refractivity contribution in [3.8, 4) is 0 Å². The van der Waals surface area contributed by atoms with E-state index in [1.807, 2.05) is 21.1 Å². The number of carbonyl (C=O) groups is 2. The largest absolute Gasteiger partial charge is 0.756 e. The van der Waals surface area contributed by atoms with Crippen LogP contribution in [0.25, 0.3) is 0 Å². The highest BCUT2D eigenvalue weighted by atomic mass is 31.2. The van der Waals surface area contributed by atoms with Crippen molar-refractivity contribution in [3.05, 3.63) is 12.2 Å². The molecule has 248 valence electrons. The molecule has 0 spiro atoms. The summed E-state index contributed by atoms with van der Waals surface area (Å²) in [4.78, 5) is 36.0. The molecule has 42 heavy (non-hydrogen) atoms. The standard InChI is InChI=1S/C32H62NO8P/c1-6-8-9-10-11-12-13-14-15-16-17-18-19-20-21-22-23-24-25-32(35)41-30(28-38-31(34)7-2)29-40-42(36,37)39-27-26-33(3,4)5/h15-16,30H,6-14,17-29H2,1-5H3/b16-15-. The minimum Gasteiger partial charge on any atom is -0.756 e. The Morgan fingerprint density at radius 2 is 1.26 bits per heavy atom. The number of rotatable bonds is 29. The van der Waals surface area contributed by atoms with Gasteiger partial charge < -0.3 is 27.9 Å². The van der Waals surface area contributed by atoms with Crippen LogP contribution in [-0.2, 0) is 32.7 Å². The highest BCUT2D eigenvalue weighted by molar-refractivity contribution is 7.45. The summed E-state index contributed by atoms with van der Waals surface area (Å²) in [5.41, 5.74) is 0. The van der Waals surface area contributed by atoms with Gasteiger partial charge in [0.15, 0.2) is 6.10 Å². The lowest BCUT2D eigenvalue weighted by Crippen LogP contribution is -2.37. The van der Waals surface area contributed by atoms with Crippen LogP contribution in [0, 0.1) is 0 Å². The first-order chi connectivity index (χ1) is 20.0. The number of hydrogen-bond acceptors (Lipinski definition) is 8. The Morgan fingerprint density at radius 1 is 0.738 bits per heavy atom. The second kappa shape index (κ2) is 26.2. The second-order valence-electron chi connectivity index (χ2n) is 12.1. The molecule has 9 nitrogen and oxygen atoms in total. The quantitative estimate of drug-likeness (QED) is 0.0283. The highest BCUT2D eigenvalue weighted by Crippen LogP contribution is 2.38. The number of quaternary nitrogens is 1. The van der Waals surface area contributed by atoms with Crippen LogP contribution in [-0.4, -0.2) is 70.0 Å². The van der Waals surface area contributed by atoms with E-state index in [4.69, 9.17) is 18.5 Å². The third kappa shape index (κ3) is 28.9. The molecule has 10 heteroatoms. The molecule has 0 amide bonds. The van der Waals surface area contributed by atoms with Gasteiger partial charge in [0.25, 0.3) is 7.82 Å². The van der Waals surface area contributed by atoms with Gasteiger partial charge in [-0.15, -0.1) is 0 Å². The third-order valence-corrected chi connectivity index (χ3v) is 7.80. The topological polar surface area (TPSA) is 111 Å². The second-order valence-corrected chi connectivity index (χ2v) is 13.5. The van der Waals surface area contributed by atoms with Crippen LogP contribution in [0.1, 0.15) is 129 Å². The highest BCUT2D eigenvalue weighted by Gasteiger charge is 2.21. The average molecular weight is 620 g/mol. The molecule has 0 aromatic heterocycles. The maximum Gasteiger partial charge on any atom is 0.306 e. The molecule has 0 saturated heterocycles. The summed E-state index contributed by atoms with van der Waals surface area (Å²) < 4.78 is 32.8. The molecule has 0 aliphatic rings. The van der Waals surface area contributed by atoms with Crippen molar-refractivity contribution in [3.63, 3.8) is 0 Å². The number of unbranched alkanes of at least 4 members (excludes halogenated alkanes) is 14. The van der Waals surface area contributed by atoms with Gasteiger partial charge in [-0.05, 0) is 32.1 Å². The number of likely N-dealkylation sites (N-methyl/N-ethyl adjacent to an activating group) is 1. The monoisotopic (exact) mass is 619 g/mol. The SMILES string of the molecule is CCCCCCCCC/C=C\CCCCCCCCCC(=O)OC(COC(=O)CC)COP(=O)([O-])OCC[N+](C)(C)C. The molecule has 0 aliphatic carbocycles. The molecule has 0 saturated carbocycles. The molecule has 2 atom stereocenters. The molecule has 0 bridgehead atoms. The van der Waals surface area contributed by atoms with Crippen LogP contribution < -0.4 is 4.89 Å². The van der Waals surface area contributed by atoms with E-state index in [9.17, 15) is 19.0 Å². The maximum absolute atomic E-state index is 12.3. The van der Waals surface area contributed by atoms with Crippen LogP contribution >= 0.6 is 7.82 Å². The number of ether oxygens (including phenoxy) is 2. The van der Waals surface area contributed by atoms with Crippen molar-refractivity contribution in [2.24, 2.45) is 0 Å². The Hall–Kier alpha value is -1.25. The van der Waals surface area contributed by atoms with Crippen LogP contribution in [0.5, 0.6) is 0 Å². The molecule has 0 N–H and O–H groups in total. The lowest BCUT2D eigenvalue weighted by Gasteiger charge is -2.28. The predicted molar refractivity (Wildman–Crippen MR) is 167 cm³/mol. The van der Waals surface area contributed by atoms with Crippen LogP contribution in [0.15, 0.2) is 12.2 Å². The van der Waals surface area contributed by atoms with Crippen molar-refractivity contribution in [1.29, 1.82) is 0 Å². The normalized spacial score (nSPS) is 14.1. The third-order valence-electron chi connectivity index (χ3n) is 6.84. The lowest BCUT2D eigenvalue weighted by atomic mass is 10.1. The van der Waals surface area contributed by atoms with E-state index in [1.165, 1.54) is 70.6 Å². The fourth-order valence-corrected chi connectivity index (χ4v) is 4.89. The molecule has 0 rings (SSSR count). The van der Waals surface area contributed by atoms with Crippen LogP contribution in [0.3, 0.4) is 0 Å². The molecule has 0 aliphatic heterocycles. The van der Waals surface area contributed by atoms with Gasteiger partial charge >= 0.3 is 11.9 Å². The molecular weight excluding hydrogens is 557 g/mol. The van der Waals surface area contributed by atoms with Gasteiger partial charge in [0.2, 0.25) is 0 Å². The fourth-order valence-electron chi connectivity index (χ4n) is 4.16. The van der Waals surface area contributed by atoms with Crippen molar-refractivity contribution in [1.82, 2.24) is 0 Å². The summed E-state index contributed by atoms with van der Waals surface area (Å²) in [5.74, 6) is -0.939. The van der Waals surface area contributed by atoms with Gasteiger partial charge in [-0.25, -0.2) is 0 Å². The van der Waals surface area contributed by atoms with Gasteiger partial charge in [-0.2, -0.15) is 0 Å². The number of nitrogens with zero attached hydrogens (tertiary/aromatic N) is 1. The average Bonchev–Trinajstić information content (AvgIpc) is 2.92. The summed E-state index contributed by atoms with van der Waals surface area (Å²) in [6.07, 6.45) is 23.4. The smallest absolute Gasteiger partial charge is 0.306 e. The van der Waals surface area contributed by atoms with Crippen LogP contribution in [0.2, 0.25) is 0 Å². The zero-order valence-corrected chi connectivity index (χ0v) is 28.3. The molecule has 0 radical (unpaired) electrons. The minimum absolute atomic E-state index is 0.0318. The number of phosphoric ester groups is 1.